The molecule has 0 spiro atoms. The fourth-order valence-electron chi connectivity index (χ4n) is 4.45. The van der Waals surface area contributed by atoms with E-state index in [1.165, 1.54) is 14.7 Å². The van der Waals surface area contributed by atoms with Crippen LogP contribution in [0.3, 0.4) is 0 Å². The van der Waals surface area contributed by atoms with Crippen molar-refractivity contribution < 1.29 is 19.5 Å². The highest BCUT2D eigenvalue weighted by Gasteiger charge is 2.53. The van der Waals surface area contributed by atoms with Gasteiger partial charge in [0.2, 0.25) is 5.91 Å². The van der Waals surface area contributed by atoms with Gasteiger partial charge in [0.25, 0.3) is 0 Å². The van der Waals surface area contributed by atoms with Gasteiger partial charge in [-0.05, 0) is 23.1 Å². The molecular weight excluding hydrogens is 442 g/mol. The van der Waals surface area contributed by atoms with Crippen molar-refractivity contribution in [2.45, 2.75) is 31.6 Å². The molecule has 0 saturated carbocycles. The van der Waals surface area contributed by atoms with Crippen LogP contribution in [0.2, 0.25) is 0 Å². The third-order valence-electron chi connectivity index (χ3n) is 6.31. The summed E-state index contributed by atoms with van der Waals surface area (Å²) in [5.41, 5.74) is 2.71. The minimum Gasteiger partial charge on any atom is -0.480 e. The van der Waals surface area contributed by atoms with E-state index in [4.69, 9.17) is 0 Å². The van der Waals surface area contributed by atoms with Crippen LogP contribution in [0.25, 0.3) is 0 Å². The minimum absolute atomic E-state index is 0.111. The first-order valence-corrected chi connectivity index (χ1v) is 11.6. The van der Waals surface area contributed by atoms with Crippen molar-refractivity contribution in [1.29, 1.82) is 0 Å². The monoisotopic (exact) mass is 471 g/mol. The number of amides is 3. The van der Waals surface area contributed by atoms with Crippen LogP contribution in [-0.4, -0.2) is 63.4 Å². The second kappa shape index (κ2) is 10.9. The van der Waals surface area contributed by atoms with E-state index in [2.05, 4.69) is 0 Å². The van der Waals surface area contributed by atoms with E-state index in [0.717, 1.165) is 16.7 Å². The Morgan fingerprint density at radius 1 is 0.743 bits per heavy atom. The highest BCUT2D eigenvalue weighted by atomic mass is 16.4. The van der Waals surface area contributed by atoms with Crippen LogP contribution >= 0.6 is 0 Å². The van der Waals surface area contributed by atoms with E-state index in [0.29, 0.717) is 13.0 Å². The summed E-state index contributed by atoms with van der Waals surface area (Å²) in [7, 11) is 1.66. The average molecular weight is 472 g/mol. The van der Waals surface area contributed by atoms with E-state index in [1.807, 2.05) is 91.0 Å². The van der Waals surface area contributed by atoms with Gasteiger partial charge in [0.15, 0.2) is 6.04 Å². The number of carboxylic acid groups (broad SMARTS) is 1. The van der Waals surface area contributed by atoms with Crippen LogP contribution in [0.15, 0.2) is 91.0 Å². The summed E-state index contributed by atoms with van der Waals surface area (Å²) in [6, 6.07) is 25.4. The van der Waals surface area contributed by atoms with Gasteiger partial charge in [-0.3, -0.25) is 4.79 Å². The number of carbonyl (C=O) groups excluding carboxylic acids is 2. The third kappa shape index (κ3) is 5.51. The predicted octanol–water partition coefficient (Wildman–Crippen LogP) is 3.65. The van der Waals surface area contributed by atoms with Crippen molar-refractivity contribution in [3.63, 3.8) is 0 Å². The second-order valence-corrected chi connectivity index (χ2v) is 8.73. The standard InChI is InChI=1S/C28H29N3O4/c1-29(18-17-21-11-5-2-6-12-21)26(32)24-25(27(33)34)31(20-23-15-9-4-10-16-23)28(35)30(24)19-22-13-7-3-8-14-22/h2-16,24-25H,17-20H2,1H3,(H,33,34)/t24-,25+/m1/s1. The number of carboxylic acids is 1. The molecule has 0 bridgehead atoms. The van der Waals surface area contributed by atoms with Gasteiger partial charge in [0, 0.05) is 26.7 Å². The first kappa shape index (κ1) is 24.0. The fourth-order valence-corrected chi connectivity index (χ4v) is 4.45. The van der Waals surface area contributed by atoms with Gasteiger partial charge in [-0.2, -0.15) is 0 Å². The van der Waals surface area contributed by atoms with E-state index in [1.54, 1.807) is 7.05 Å². The molecule has 0 unspecified atom stereocenters. The molecule has 2 atom stereocenters. The average Bonchev–Trinajstić information content (AvgIpc) is 3.15. The molecule has 4 rings (SSSR count). The molecule has 1 saturated heterocycles. The topological polar surface area (TPSA) is 81.2 Å². The van der Waals surface area contributed by atoms with Crippen LogP contribution in [0.4, 0.5) is 4.79 Å². The van der Waals surface area contributed by atoms with Crippen LogP contribution in [0.1, 0.15) is 16.7 Å². The Balaban J connectivity index is 1.62. The Labute approximate surface area is 205 Å². The molecule has 1 heterocycles. The van der Waals surface area contributed by atoms with Gasteiger partial charge in [-0.25, -0.2) is 9.59 Å². The molecule has 3 aromatic carbocycles. The first-order valence-electron chi connectivity index (χ1n) is 11.6. The fraction of sp³-hybridized carbons (Fsp3) is 0.250. The maximum Gasteiger partial charge on any atom is 0.329 e. The molecule has 35 heavy (non-hydrogen) atoms. The van der Waals surface area contributed by atoms with Crippen molar-refractivity contribution in [1.82, 2.24) is 14.7 Å². The molecule has 3 aromatic rings. The quantitative estimate of drug-likeness (QED) is 0.517. The third-order valence-corrected chi connectivity index (χ3v) is 6.31. The number of nitrogens with zero attached hydrogens (tertiary/aromatic N) is 3. The van der Waals surface area contributed by atoms with E-state index in [-0.39, 0.29) is 19.0 Å². The lowest BCUT2D eigenvalue weighted by molar-refractivity contribution is -0.147. The van der Waals surface area contributed by atoms with Gasteiger partial charge in [0.05, 0.1) is 0 Å². The van der Waals surface area contributed by atoms with Crippen molar-refractivity contribution in [2.24, 2.45) is 0 Å². The van der Waals surface area contributed by atoms with Gasteiger partial charge >= 0.3 is 12.0 Å². The summed E-state index contributed by atoms with van der Waals surface area (Å²) in [5, 5.41) is 10.2. The normalized spacial score (nSPS) is 17.5. The van der Waals surface area contributed by atoms with Crippen LogP contribution < -0.4 is 0 Å². The molecule has 1 aliphatic heterocycles. The van der Waals surface area contributed by atoms with E-state index >= 15 is 0 Å². The Morgan fingerprint density at radius 2 is 1.17 bits per heavy atom. The lowest BCUT2D eigenvalue weighted by Gasteiger charge is -2.29. The Morgan fingerprint density at radius 3 is 1.63 bits per heavy atom. The number of rotatable bonds is 9. The molecule has 1 fully saturated rings. The number of urea groups is 1. The number of aliphatic carboxylic acids is 1. The van der Waals surface area contributed by atoms with Gasteiger partial charge < -0.3 is 19.8 Å². The van der Waals surface area contributed by atoms with E-state index < -0.39 is 24.1 Å². The summed E-state index contributed by atoms with van der Waals surface area (Å²) >= 11 is 0. The number of hydrogen-bond acceptors (Lipinski definition) is 3. The largest absolute Gasteiger partial charge is 0.480 e. The number of likely N-dealkylation sites (N-methyl/N-ethyl adjacent to an activating group) is 1. The Kier molecular flexibility index (Phi) is 7.45. The molecule has 1 aliphatic rings. The molecule has 3 amide bonds. The zero-order valence-electron chi connectivity index (χ0n) is 19.7. The highest BCUT2D eigenvalue weighted by molar-refractivity contribution is 5.98. The van der Waals surface area contributed by atoms with Crippen molar-refractivity contribution in [3.8, 4) is 0 Å². The summed E-state index contributed by atoms with van der Waals surface area (Å²) in [5.74, 6) is -1.58. The second-order valence-electron chi connectivity index (χ2n) is 8.73. The molecule has 1 N–H and O–H groups in total. The summed E-state index contributed by atoms with van der Waals surface area (Å²) < 4.78 is 0. The smallest absolute Gasteiger partial charge is 0.329 e. The van der Waals surface area contributed by atoms with Crippen molar-refractivity contribution >= 4 is 17.9 Å². The van der Waals surface area contributed by atoms with Crippen LogP contribution in [-0.2, 0) is 29.1 Å². The Bertz CT molecular complexity index is 1150. The molecule has 7 nitrogen and oxygen atoms in total. The molecule has 0 radical (unpaired) electrons. The van der Waals surface area contributed by atoms with Gasteiger partial charge in [-0.15, -0.1) is 0 Å². The minimum atomic E-state index is -1.29. The van der Waals surface area contributed by atoms with Crippen LogP contribution in [0, 0.1) is 0 Å². The molecule has 180 valence electrons. The number of benzene rings is 3. The molecule has 0 aliphatic carbocycles. The molecule has 7 heteroatoms. The van der Waals surface area contributed by atoms with Crippen molar-refractivity contribution in [2.75, 3.05) is 13.6 Å². The highest BCUT2D eigenvalue weighted by Crippen LogP contribution is 2.29. The van der Waals surface area contributed by atoms with Crippen molar-refractivity contribution in [3.05, 3.63) is 108 Å². The summed E-state index contributed by atoms with van der Waals surface area (Å²) in [4.78, 5) is 43.9. The lowest BCUT2D eigenvalue weighted by Crippen LogP contribution is -2.52. The number of hydrogen-bond donors (Lipinski definition) is 1. The zero-order chi connectivity index (χ0) is 24.8. The zero-order valence-corrected chi connectivity index (χ0v) is 19.7. The molecular formula is C28H29N3O4. The predicted molar refractivity (Wildman–Crippen MR) is 132 cm³/mol. The van der Waals surface area contributed by atoms with Gasteiger partial charge in [-0.1, -0.05) is 91.0 Å². The first-order chi connectivity index (χ1) is 17.0. The maximum absolute atomic E-state index is 13.7. The maximum atomic E-state index is 13.7. The summed E-state index contributed by atoms with van der Waals surface area (Å²) in [6.45, 7) is 0.675. The molecule has 0 aromatic heterocycles. The van der Waals surface area contributed by atoms with Crippen LogP contribution in [0.5, 0.6) is 0 Å². The number of carbonyl (C=O) groups is 3. The van der Waals surface area contributed by atoms with E-state index in [9.17, 15) is 19.5 Å². The summed E-state index contributed by atoms with van der Waals surface area (Å²) in [6.07, 6.45) is 0.633. The Hall–Kier alpha value is -4.13. The van der Waals surface area contributed by atoms with Gasteiger partial charge in [0.1, 0.15) is 6.04 Å². The SMILES string of the molecule is CN(CCc1ccccc1)C(=O)[C@H]1[C@@H](C(=O)O)N(Cc2ccccc2)C(=O)N1Cc1ccccc1. The lowest BCUT2D eigenvalue weighted by atomic mass is 10.0.